The van der Waals surface area contributed by atoms with E-state index in [0.717, 1.165) is 11.6 Å². The van der Waals surface area contributed by atoms with Crippen molar-refractivity contribution in [3.63, 3.8) is 0 Å². The number of halogens is 1. The Bertz CT molecular complexity index is 968. The zero-order valence-electron chi connectivity index (χ0n) is 15.4. The minimum absolute atomic E-state index is 0.186. The number of anilines is 2. The Labute approximate surface area is 161 Å². The van der Waals surface area contributed by atoms with Crippen LogP contribution in [0, 0.1) is 12.7 Å². The molecule has 9 heteroatoms. The van der Waals surface area contributed by atoms with E-state index >= 15 is 0 Å². The lowest BCUT2D eigenvalue weighted by molar-refractivity contribution is 0.208. The average Bonchev–Trinajstić information content (AvgIpc) is 3.24. The highest BCUT2D eigenvalue weighted by Crippen LogP contribution is 2.18. The number of aryl methyl sites for hydroxylation is 1. The molecule has 3 heterocycles. The van der Waals surface area contributed by atoms with Crippen molar-refractivity contribution in [1.82, 2.24) is 24.4 Å². The fraction of sp³-hybridized carbons (Fsp3) is 0.263. The maximum absolute atomic E-state index is 13.7. The molecule has 0 saturated carbocycles. The standard InChI is InChI=1S/C19H20FN7O/c1-14-22-17(12-18(23-14)27-7-6-21-13-27)25-8-10-26(11-9-25)19(28)24-16-5-3-2-4-15(16)20/h2-7,12-13H,8-11H2,1H3,(H,24,28). The van der Waals surface area contributed by atoms with Crippen LogP contribution in [0.15, 0.2) is 49.1 Å². The maximum atomic E-state index is 13.7. The number of carbonyl (C=O) groups excluding carboxylic acids is 1. The van der Waals surface area contributed by atoms with Crippen molar-refractivity contribution in [1.29, 1.82) is 0 Å². The van der Waals surface area contributed by atoms with Crippen LogP contribution >= 0.6 is 0 Å². The molecule has 2 amide bonds. The SMILES string of the molecule is Cc1nc(N2CCN(C(=O)Nc3ccccc3F)CC2)cc(-n2ccnc2)n1. The van der Waals surface area contributed by atoms with Crippen molar-refractivity contribution in [2.45, 2.75) is 6.92 Å². The third kappa shape index (κ3) is 3.78. The molecule has 0 spiro atoms. The molecule has 2 aromatic heterocycles. The summed E-state index contributed by atoms with van der Waals surface area (Å²) in [6.07, 6.45) is 5.22. The lowest BCUT2D eigenvalue weighted by Crippen LogP contribution is -2.50. The highest BCUT2D eigenvalue weighted by atomic mass is 19.1. The van der Waals surface area contributed by atoms with E-state index in [1.54, 1.807) is 35.6 Å². The molecule has 28 heavy (non-hydrogen) atoms. The fourth-order valence-corrected chi connectivity index (χ4v) is 3.12. The second-order valence-electron chi connectivity index (χ2n) is 6.49. The molecule has 1 aliphatic heterocycles. The molecular formula is C19H20FN7O. The Balaban J connectivity index is 1.42. The van der Waals surface area contributed by atoms with Gasteiger partial charge in [-0.25, -0.2) is 24.1 Å². The van der Waals surface area contributed by atoms with E-state index in [1.165, 1.54) is 6.07 Å². The number of benzene rings is 1. The zero-order valence-corrected chi connectivity index (χ0v) is 15.4. The molecule has 0 unspecified atom stereocenters. The van der Waals surface area contributed by atoms with Crippen molar-refractivity contribution in [2.24, 2.45) is 0 Å². The van der Waals surface area contributed by atoms with Crippen LogP contribution in [0.4, 0.5) is 20.7 Å². The zero-order chi connectivity index (χ0) is 19.5. The molecule has 8 nitrogen and oxygen atoms in total. The molecule has 0 radical (unpaired) electrons. The predicted molar refractivity (Wildman–Crippen MR) is 103 cm³/mol. The Hall–Kier alpha value is -3.49. The van der Waals surface area contributed by atoms with E-state index in [9.17, 15) is 9.18 Å². The minimum Gasteiger partial charge on any atom is -0.353 e. The number of hydrogen-bond donors (Lipinski definition) is 1. The first kappa shape index (κ1) is 17.9. The van der Waals surface area contributed by atoms with Crippen molar-refractivity contribution >= 4 is 17.5 Å². The number of aromatic nitrogens is 4. The summed E-state index contributed by atoms with van der Waals surface area (Å²) in [5.41, 5.74) is 0.186. The van der Waals surface area contributed by atoms with Crippen molar-refractivity contribution in [2.75, 3.05) is 36.4 Å². The molecule has 144 valence electrons. The van der Waals surface area contributed by atoms with Gasteiger partial charge in [0.05, 0.1) is 5.69 Å². The van der Waals surface area contributed by atoms with Gasteiger partial charge in [0.25, 0.3) is 0 Å². The van der Waals surface area contributed by atoms with Gasteiger partial charge in [0.1, 0.15) is 29.6 Å². The second kappa shape index (κ2) is 7.63. The smallest absolute Gasteiger partial charge is 0.322 e. The molecule has 1 saturated heterocycles. The lowest BCUT2D eigenvalue weighted by Gasteiger charge is -2.35. The number of amides is 2. The van der Waals surface area contributed by atoms with Crippen LogP contribution in [0.5, 0.6) is 0 Å². The van der Waals surface area contributed by atoms with Crippen LogP contribution in [-0.2, 0) is 0 Å². The van der Waals surface area contributed by atoms with Crippen molar-refractivity contribution < 1.29 is 9.18 Å². The first-order valence-electron chi connectivity index (χ1n) is 8.99. The molecule has 1 aliphatic rings. The van der Waals surface area contributed by atoms with Gasteiger partial charge in [-0.05, 0) is 19.1 Å². The number of hydrogen-bond acceptors (Lipinski definition) is 5. The summed E-state index contributed by atoms with van der Waals surface area (Å²) >= 11 is 0. The number of rotatable bonds is 3. The Morgan fingerprint density at radius 2 is 1.86 bits per heavy atom. The summed E-state index contributed by atoms with van der Waals surface area (Å²) in [6, 6.07) is 7.75. The Morgan fingerprint density at radius 1 is 1.11 bits per heavy atom. The normalized spacial score (nSPS) is 14.2. The van der Waals surface area contributed by atoms with Gasteiger partial charge in [0, 0.05) is 44.6 Å². The minimum atomic E-state index is -0.446. The largest absolute Gasteiger partial charge is 0.353 e. The summed E-state index contributed by atoms with van der Waals surface area (Å²) in [4.78, 5) is 29.2. The molecular weight excluding hydrogens is 361 g/mol. The lowest BCUT2D eigenvalue weighted by atomic mass is 10.3. The highest BCUT2D eigenvalue weighted by molar-refractivity contribution is 5.89. The predicted octanol–water partition coefficient (Wildman–Crippen LogP) is 2.46. The fourth-order valence-electron chi connectivity index (χ4n) is 3.12. The number of piperazine rings is 1. The molecule has 3 aromatic rings. The third-order valence-corrected chi connectivity index (χ3v) is 4.59. The number of para-hydroxylation sites is 1. The first-order valence-corrected chi connectivity index (χ1v) is 8.99. The molecule has 0 atom stereocenters. The third-order valence-electron chi connectivity index (χ3n) is 4.59. The maximum Gasteiger partial charge on any atom is 0.322 e. The monoisotopic (exact) mass is 381 g/mol. The summed E-state index contributed by atoms with van der Waals surface area (Å²) in [7, 11) is 0. The quantitative estimate of drug-likeness (QED) is 0.754. The number of urea groups is 1. The summed E-state index contributed by atoms with van der Waals surface area (Å²) in [6.45, 7) is 4.14. The van der Waals surface area contributed by atoms with Crippen LogP contribution in [0.25, 0.3) is 5.82 Å². The molecule has 1 aromatic carbocycles. The van der Waals surface area contributed by atoms with E-state index in [2.05, 4.69) is 25.2 Å². The summed E-state index contributed by atoms with van der Waals surface area (Å²) in [5.74, 6) is 1.78. The van der Waals surface area contributed by atoms with Gasteiger partial charge in [-0.3, -0.25) is 4.57 Å². The molecule has 0 aliphatic carbocycles. The van der Waals surface area contributed by atoms with Gasteiger partial charge in [0.15, 0.2) is 0 Å². The van der Waals surface area contributed by atoms with Crippen LogP contribution < -0.4 is 10.2 Å². The Morgan fingerprint density at radius 3 is 2.57 bits per heavy atom. The van der Waals surface area contributed by atoms with Crippen LogP contribution in [0.1, 0.15) is 5.82 Å². The first-order chi connectivity index (χ1) is 13.6. The Kier molecular flexibility index (Phi) is 4.88. The van der Waals surface area contributed by atoms with Crippen molar-refractivity contribution in [3.8, 4) is 5.82 Å². The van der Waals surface area contributed by atoms with E-state index in [-0.39, 0.29) is 11.7 Å². The van der Waals surface area contributed by atoms with Gasteiger partial charge in [0.2, 0.25) is 0 Å². The molecule has 4 rings (SSSR count). The second-order valence-corrected chi connectivity index (χ2v) is 6.49. The van der Waals surface area contributed by atoms with E-state index < -0.39 is 5.82 Å². The number of imidazole rings is 1. The molecule has 1 N–H and O–H groups in total. The molecule has 1 fully saturated rings. The summed E-state index contributed by atoms with van der Waals surface area (Å²) in [5, 5.41) is 2.63. The van der Waals surface area contributed by atoms with Crippen molar-refractivity contribution in [3.05, 3.63) is 60.7 Å². The van der Waals surface area contributed by atoms with Gasteiger partial charge in [-0.2, -0.15) is 0 Å². The average molecular weight is 381 g/mol. The van der Waals surface area contributed by atoms with Gasteiger partial charge in [-0.1, -0.05) is 12.1 Å². The van der Waals surface area contributed by atoms with Gasteiger partial charge in [-0.15, -0.1) is 0 Å². The van der Waals surface area contributed by atoms with Crippen LogP contribution in [0.3, 0.4) is 0 Å². The highest BCUT2D eigenvalue weighted by Gasteiger charge is 2.23. The van der Waals surface area contributed by atoms with Gasteiger partial charge < -0.3 is 15.1 Å². The van der Waals surface area contributed by atoms with E-state index in [1.807, 2.05) is 23.8 Å². The van der Waals surface area contributed by atoms with E-state index in [0.29, 0.717) is 32.0 Å². The van der Waals surface area contributed by atoms with Crippen LogP contribution in [-0.4, -0.2) is 56.6 Å². The summed E-state index contributed by atoms with van der Waals surface area (Å²) < 4.78 is 15.6. The number of carbonyl (C=O) groups is 1. The van der Waals surface area contributed by atoms with Crippen LogP contribution in [0.2, 0.25) is 0 Å². The topological polar surface area (TPSA) is 79.2 Å². The van der Waals surface area contributed by atoms with E-state index in [4.69, 9.17) is 0 Å². The number of nitrogens with one attached hydrogen (secondary N) is 1. The molecule has 0 bridgehead atoms. The van der Waals surface area contributed by atoms with Gasteiger partial charge >= 0.3 is 6.03 Å². The number of nitrogens with zero attached hydrogens (tertiary/aromatic N) is 6.